The predicted octanol–water partition coefficient (Wildman–Crippen LogP) is 3.89. The van der Waals surface area contributed by atoms with E-state index >= 15 is 0 Å². The fraction of sp³-hybridized carbons (Fsp3) is 0.316. The average Bonchev–Trinajstić information content (AvgIpc) is 2.69. The Labute approximate surface area is 137 Å². The Kier molecular flexibility index (Phi) is 4.91. The molecule has 114 valence electrons. The first-order valence-electron chi connectivity index (χ1n) is 7.85. The Morgan fingerprint density at radius 2 is 1.82 bits per heavy atom. The van der Waals surface area contributed by atoms with Crippen molar-refractivity contribution >= 4 is 17.3 Å². The van der Waals surface area contributed by atoms with Gasteiger partial charge in [-0.25, -0.2) is 0 Å². The topological polar surface area (TPSA) is 24.4 Å². The van der Waals surface area contributed by atoms with Gasteiger partial charge in [-0.05, 0) is 56.1 Å². The molecule has 1 aliphatic rings. The van der Waals surface area contributed by atoms with Crippen LogP contribution in [0.5, 0.6) is 0 Å². The van der Waals surface area contributed by atoms with Crippen LogP contribution in [0.4, 0.5) is 0 Å². The van der Waals surface area contributed by atoms with Crippen molar-refractivity contribution in [3.8, 4) is 0 Å². The normalized spacial score (nSPS) is 15.3. The van der Waals surface area contributed by atoms with Gasteiger partial charge in [0.2, 0.25) is 0 Å². The molecule has 1 N–H and O–H groups in total. The summed E-state index contributed by atoms with van der Waals surface area (Å²) in [6.45, 7) is 1.82. The van der Waals surface area contributed by atoms with Crippen molar-refractivity contribution in [2.75, 3.05) is 20.1 Å². The number of benzene rings is 2. The molecule has 0 amide bonds. The third kappa shape index (κ3) is 3.23. The summed E-state index contributed by atoms with van der Waals surface area (Å²) in [5, 5.41) is 3.95. The van der Waals surface area contributed by atoms with E-state index in [2.05, 4.69) is 41.7 Å². The van der Waals surface area contributed by atoms with E-state index in [4.69, 9.17) is 16.6 Å². The predicted molar refractivity (Wildman–Crippen MR) is 94.4 cm³/mol. The molecular formula is C19H21ClN2. The number of nitrogens with one attached hydrogen (secondary N) is 1. The molecule has 0 radical (unpaired) electrons. The molecule has 3 rings (SSSR count). The zero-order valence-corrected chi connectivity index (χ0v) is 13.7. The lowest BCUT2D eigenvalue weighted by atomic mass is 9.98. The van der Waals surface area contributed by atoms with Crippen molar-refractivity contribution in [1.29, 1.82) is 0 Å². The number of fused-ring (bicyclic) bond motifs is 2. The molecule has 2 aromatic carbocycles. The third-order valence-corrected chi connectivity index (χ3v) is 4.35. The van der Waals surface area contributed by atoms with Crippen LogP contribution in [-0.4, -0.2) is 25.8 Å². The molecule has 0 fully saturated rings. The number of nitrogens with zero attached hydrogens (tertiary/aromatic N) is 1. The van der Waals surface area contributed by atoms with Crippen molar-refractivity contribution in [3.63, 3.8) is 0 Å². The van der Waals surface area contributed by atoms with Crippen LogP contribution in [0.25, 0.3) is 0 Å². The number of halogens is 1. The molecule has 0 heterocycles. The van der Waals surface area contributed by atoms with Crippen LogP contribution in [0.1, 0.15) is 28.7 Å². The van der Waals surface area contributed by atoms with Gasteiger partial charge in [-0.15, -0.1) is 0 Å². The van der Waals surface area contributed by atoms with Crippen molar-refractivity contribution in [2.24, 2.45) is 4.99 Å². The number of hydrogen-bond acceptors (Lipinski definition) is 2. The number of rotatable bonds is 4. The van der Waals surface area contributed by atoms with Crippen LogP contribution in [0.2, 0.25) is 5.02 Å². The highest BCUT2D eigenvalue weighted by molar-refractivity contribution is 6.31. The smallest absolute Gasteiger partial charge is 0.0724 e. The van der Waals surface area contributed by atoms with E-state index < -0.39 is 0 Å². The summed E-state index contributed by atoms with van der Waals surface area (Å²) in [7, 11) is 1.98. The Hall–Kier alpha value is -1.64. The molecule has 0 spiro atoms. The second-order valence-corrected chi connectivity index (χ2v) is 6.08. The van der Waals surface area contributed by atoms with Gasteiger partial charge in [0.05, 0.1) is 5.71 Å². The lowest BCUT2D eigenvalue weighted by Gasteiger charge is -2.11. The van der Waals surface area contributed by atoms with Crippen LogP contribution in [0.15, 0.2) is 47.5 Å². The summed E-state index contributed by atoms with van der Waals surface area (Å²) < 4.78 is 0. The molecule has 1 aliphatic carbocycles. The van der Waals surface area contributed by atoms with Crippen LogP contribution in [0.3, 0.4) is 0 Å². The van der Waals surface area contributed by atoms with Crippen molar-refractivity contribution in [3.05, 3.63) is 69.7 Å². The summed E-state index contributed by atoms with van der Waals surface area (Å²) >= 11 is 6.24. The number of hydrogen-bond donors (Lipinski definition) is 1. The fourth-order valence-electron chi connectivity index (χ4n) is 2.99. The molecule has 0 aliphatic heterocycles. The van der Waals surface area contributed by atoms with Crippen molar-refractivity contribution < 1.29 is 0 Å². The standard InChI is InChI=1S/C19H21ClN2/c1-21-11-4-12-22-19-17-6-3-2-5-14(17)7-8-15-9-10-16(20)13-18(15)19/h2-3,5-6,9-10,13,21H,4,7-8,11-12H2,1H3/b22-19-. The molecule has 22 heavy (non-hydrogen) atoms. The van der Waals surface area contributed by atoms with Gasteiger partial charge in [0, 0.05) is 22.7 Å². The quantitative estimate of drug-likeness (QED) is 0.851. The molecule has 0 saturated carbocycles. The highest BCUT2D eigenvalue weighted by Gasteiger charge is 2.19. The summed E-state index contributed by atoms with van der Waals surface area (Å²) in [6.07, 6.45) is 3.14. The van der Waals surface area contributed by atoms with E-state index in [-0.39, 0.29) is 0 Å². The summed E-state index contributed by atoms with van der Waals surface area (Å²) in [5.74, 6) is 0. The monoisotopic (exact) mass is 312 g/mol. The SMILES string of the molecule is CNCCC/N=C1/c2ccccc2CCc2ccc(Cl)cc21. The molecule has 2 aromatic rings. The summed E-state index contributed by atoms with van der Waals surface area (Å²) in [5.41, 5.74) is 6.27. The number of aryl methyl sites for hydroxylation is 2. The summed E-state index contributed by atoms with van der Waals surface area (Å²) in [4.78, 5) is 4.92. The third-order valence-electron chi connectivity index (χ3n) is 4.12. The molecule has 0 atom stereocenters. The van der Waals surface area contributed by atoms with Crippen LogP contribution < -0.4 is 5.32 Å². The van der Waals surface area contributed by atoms with E-state index in [1.165, 1.54) is 22.3 Å². The van der Waals surface area contributed by atoms with Crippen LogP contribution >= 0.6 is 11.6 Å². The number of aliphatic imine (C=N–C) groups is 1. The second kappa shape index (κ2) is 7.08. The van der Waals surface area contributed by atoms with Gasteiger partial charge in [-0.2, -0.15) is 0 Å². The zero-order chi connectivity index (χ0) is 15.4. The van der Waals surface area contributed by atoms with Gasteiger partial charge in [0.15, 0.2) is 0 Å². The van der Waals surface area contributed by atoms with Gasteiger partial charge in [-0.3, -0.25) is 4.99 Å². The molecule has 2 nitrogen and oxygen atoms in total. The van der Waals surface area contributed by atoms with E-state index in [0.717, 1.165) is 43.1 Å². The maximum absolute atomic E-state index is 6.24. The maximum Gasteiger partial charge on any atom is 0.0724 e. The Morgan fingerprint density at radius 3 is 2.64 bits per heavy atom. The van der Waals surface area contributed by atoms with Crippen molar-refractivity contribution in [1.82, 2.24) is 5.32 Å². The van der Waals surface area contributed by atoms with Gasteiger partial charge < -0.3 is 5.32 Å². The highest BCUT2D eigenvalue weighted by Crippen LogP contribution is 2.27. The Morgan fingerprint density at radius 1 is 1.05 bits per heavy atom. The largest absolute Gasteiger partial charge is 0.320 e. The Balaban J connectivity index is 2.06. The van der Waals surface area contributed by atoms with Gasteiger partial charge >= 0.3 is 0 Å². The van der Waals surface area contributed by atoms with Crippen LogP contribution in [-0.2, 0) is 12.8 Å². The van der Waals surface area contributed by atoms with Gasteiger partial charge in [-0.1, -0.05) is 41.9 Å². The average molecular weight is 313 g/mol. The Bertz CT molecular complexity index is 692. The minimum atomic E-state index is 0.779. The molecular weight excluding hydrogens is 292 g/mol. The molecule has 0 aromatic heterocycles. The van der Waals surface area contributed by atoms with Gasteiger partial charge in [0.1, 0.15) is 0 Å². The minimum Gasteiger partial charge on any atom is -0.320 e. The first-order chi connectivity index (χ1) is 10.8. The highest BCUT2D eigenvalue weighted by atomic mass is 35.5. The summed E-state index contributed by atoms with van der Waals surface area (Å²) in [6, 6.07) is 14.8. The lowest BCUT2D eigenvalue weighted by Crippen LogP contribution is -2.11. The molecule has 3 heteroatoms. The molecule has 0 saturated heterocycles. The van der Waals surface area contributed by atoms with Crippen molar-refractivity contribution in [2.45, 2.75) is 19.3 Å². The van der Waals surface area contributed by atoms with Crippen LogP contribution in [0, 0.1) is 0 Å². The lowest BCUT2D eigenvalue weighted by molar-refractivity contribution is 0.734. The minimum absolute atomic E-state index is 0.779. The van der Waals surface area contributed by atoms with E-state index in [0.29, 0.717) is 0 Å². The second-order valence-electron chi connectivity index (χ2n) is 5.65. The maximum atomic E-state index is 6.24. The van der Waals surface area contributed by atoms with E-state index in [9.17, 15) is 0 Å². The first kappa shape index (κ1) is 15.3. The fourth-order valence-corrected chi connectivity index (χ4v) is 3.16. The zero-order valence-electron chi connectivity index (χ0n) is 12.9. The molecule has 0 unspecified atom stereocenters. The molecule has 0 bridgehead atoms. The first-order valence-corrected chi connectivity index (χ1v) is 8.23. The van der Waals surface area contributed by atoms with E-state index in [1.54, 1.807) is 0 Å². The van der Waals surface area contributed by atoms with E-state index in [1.807, 2.05) is 13.1 Å². The van der Waals surface area contributed by atoms with Gasteiger partial charge in [0.25, 0.3) is 0 Å².